The van der Waals surface area contributed by atoms with E-state index in [0.29, 0.717) is 13.2 Å². The minimum Gasteiger partial charge on any atom is -0.491 e. The molecule has 114 valence electrons. The number of nitrogens with zero attached hydrogens (tertiary/aromatic N) is 1. The first-order valence-electron chi connectivity index (χ1n) is 6.52. The summed E-state index contributed by atoms with van der Waals surface area (Å²) in [6.07, 6.45) is -0.492. The molecule has 2 rings (SSSR count). The van der Waals surface area contributed by atoms with E-state index in [1.54, 1.807) is 6.07 Å². The van der Waals surface area contributed by atoms with Gasteiger partial charge in [0, 0.05) is 24.7 Å². The number of ether oxygens (including phenoxy) is 2. The van der Waals surface area contributed by atoms with Crippen LogP contribution in [0.15, 0.2) is 18.2 Å². The normalized spacial score (nSPS) is 17.4. The van der Waals surface area contributed by atoms with Gasteiger partial charge in [-0.1, -0.05) is 11.6 Å². The van der Waals surface area contributed by atoms with Crippen LogP contribution in [-0.4, -0.2) is 55.6 Å². The highest BCUT2D eigenvalue weighted by Gasteiger charge is 2.15. The minimum atomic E-state index is -0.492. The Morgan fingerprint density at radius 3 is 2.75 bits per heavy atom. The van der Waals surface area contributed by atoms with Crippen LogP contribution in [0.3, 0.4) is 0 Å². The summed E-state index contributed by atoms with van der Waals surface area (Å²) in [6.45, 7) is 6.07. The Balaban J connectivity index is 0.00000200. The molecule has 4 nitrogen and oxygen atoms in total. The Labute approximate surface area is 131 Å². The molecule has 0 amide bonds. The molecule has 1 aliphatic rings. The second kappa shape index (κ2) is 8.70. The van der Waals surface area contributed by atoms with Crippen LogP contribution in [0.2, 0.25) is 5.02 Å². The highest BCUT2D eigenvalue weighted by Crippen LogP contribution is 2.21. The molecule has 1 N–H and O–H groups in total. The summed E-state index contributed by atoms with van der Waals surface area (Å²) in [7, 11) is 0. The smallest absolute Gasteiger partial charge is 0.119 e. The molecule has 0 spiro atoms. The molecule has 1 unspecified atom stereocenters. The first-order chi connectivity index (χ1) is 9.15. The zero-order chi connectivity index (χ0) is 13.7. The molecule has 0 aliphatic carbocycles. The van der Waals surface area contributed by atoms with E-state index in [9.17, 15) is 5.11 Å². The van der Waals surface area contributed by atoms with Crippen molar-refractivity contribution >= 4 is 24.0 Å². The molecule has 1 heterocycles. The molecule has 1 atom stereocenters. The van der Waals surface area contributed by atoms with Gasteiger partial charge in [-0.15, -0.1) is 12.4 Å². The number of benzene rings is 1. The van der Waals surface area contributed by atoms with Gasteiger partial charge in [0.15, 0.2) is 0 Å². The minimum absolute atomic E-state index is 0. The number of rotatable bonds is 5. The highest BCUT2D eigenvalue weighted by molar-refractivity contribution is 6.31. The monoisotopic (exact) mass is 321 g/mol. The van der Waals surface area contributed by atoms with Crippen LogP contribution in [0.25, 0.3) is 0 Å². The summed E-state index contributed by atoms with van der Waals surface area (Å²) in [5.41, 5.74) is 0.974. The van der Waals surface area contributed by atoms with Crippen molar-refractivity contribution in [2.45, 2.75) is 13.0 Å². The van der Waals surface area contributed by atoms with Gasteiger partial charge < -0.3 is 14.6 Å². The molecule has 1 fully saturated rings. The van der Waals surface area contributed by atoms with Gasteiger partial charge in [-0.2, -0.15) is 0 Å². The first-order valence-corrected chi connectivity index (χ1v) is 6.90. The van der Waals surface area contributed by atoms with Crippen LogP contribution in [0, 0.1) is 6.92 Å². The highest BCUT2D eigenvalue weighted by atomic mass is 35.5. The molecule has 1 saturated heterocycles. The molecule has 20 heavy (non-hydrogen) atoms. The number of hydrogen-bond acceptors (Lipinski definition) is 4. The number of aliphatic hydroxyl groups is 1. The summed E-state index contributed by atoms with van der Waals surface area (Å²) < 4.78 is 10.8. The van der Waals surface area contributed by atoms with E-state index < -0.39 is 6.10 Å². The largest absolute Gasteiger partial charge is 0.491 e. The molecule has 0 bridgehead atoms. The molecule has 1 aromatic rings. The van der Waals surface area contributed by atoms with E-state index in [-0.39, 0.29) is 12.4 Å². The number of aryl methyl sites for hydroxylation is 1. The second-order valence-corrected chi connectivity index (χ2v) is 5.20. The van der Waals surface area contributed by atoms with E-state index in [0.717, 1.165) is 42.6 Å². The fraction of sp³-hybridized carbons (Fsp3) is 0.571. The number of β-amino-alcohol motifs (C(OH)–C–C–N with tert-alkyl or cyclic N) is 1. The summed E-state index contributed by atoms with van der Waals surface area (Å²) >= 11 is 5.95. The third kappa shape index (κ3) is 5.46. The Kier molecular flexibility index (Phi) is 7.62. The summed E-state index contributed by atoms with van der Waals surface area (Å²) in [6, 6.07) is 5.50. The average molecular weight is 322 g/mol. The maximum absolute atomic E-state index is 9.95. The van der Waals surface area contributed by atoms with Crippen molar-refractivity contribution in [2.24, 2.45) is 0 Å². The third-order valence-electron chi connectivity index (χ3n) is 3.14. The number of hydrogen-bond donors (Lipinski definition) is 1. The van der Waals surface area contributed by atoms with Crippen molar-refractivity contribution in [3.05, 3.63) is 28.8 Å². The molecule has 6 heteroatoms. The summed E-state index contributed by atoms with van der Waals surface area (Å²) in [5, 5.41) is 10.7. The number of halogens is 2. The molecule has 0 aromatic heterocycles. The van der Waals surface area contributed by atoms with Gasteiger partial charge in [0.25, 0.3) is 0 Å². The lowest BCUT2D eigenvalue weighted by Gasteiger charge is -2.28. The Morgan fingerprint density at radius 2 is 2.10 bits per heavy atom. The van der Waals surface area contributed by atoms with Crippen LogP contribution < -0.4 is 4.74 Å². The van der Waals surface area contributed by atoms with Gasteiger partial charge in [-0.05, 0) is 30.7 Å². The predicted octanol–water partition coefficient (Wildman–Crippen LogP) is 2.14. The van der Waals surface area contributed by atoms with Gasteiger partial charge in [-0.3, -0.25) is 4.90 Å². The van der Waals surface area contributed by atoms with Crippen molar-refractivity contribution in [1.82, 2.24) is 4.90 Å². The van der Waals surface area contributed by atoms with Crippen molar-refractivity contribution in [3.63, 3.8) is 0 Å². The zero-order valence-corrected chi connectivity index (χ0v) is 13.1. The van der Waals surface area contributed by atoms with Crippen LogP contribution in [0.5, 0.6) is 5.75 Å². The van der Waals surface area contributed by atoms with Crippen molar-refractivity contribution < 1.29 is 14.6 Å². The van der Waals surface area contributed by atoms with Gasteiger partial charge in [0.1, 0.15) is 18.5 Å². The van der Waals surface area contributed by atoms with E-state index in [4.69, 9.17) is 21.1 Å². The lowest BCUT2D eigenvalue weighted by atomic mass is 10.2. The van der Waals surface area contributed by atoms with E-state index in [1.807, 2.05) is 19.1 Å². The summed E-state index contributed by atoms with van der Waals surface area (Å²) in [5.74, 6) is 0.739. The SMILES string of the molecule is Cc1cc(OCC(O)CN2CCOCC2)ccc1Cl.Cl. The lowest BCUT2D eigenvalue weighted by molar-refractivity contribution is 0.00465. The van der Waals surface area contributed by atoms with Gasteiger partial charge in [0.05, 0.1) is 13.2 Å². The molecular weight excluding hydrogens is 301 g/mol. The van der Waals surface area contributed by atoms with Crippen molar-refractivity contribution in [1.29, 1.82) is 0 Å². The van der Waals surface area contributed by atoms with Gasteiger partial charge in [-0.25, -0.2) is 0 Å². The fourth-order valence-electron chi connectivity index (χ4n) is 2.03. The van der Waals surface area contributed by atoms with E-state index in [2.05, 4.69) is 4.90 Å². The first kappa shape index (κ1) is 17.5. The van der Waals surface area contributed by atoms with Crippen LogP contribution >= 0.6 is 24.0 Å². The predicted molar refractivity (Wildman–Crippen MR) is 82.2 cm³/mol. The zero-order valence-electron chi connectivity index (χ0n) is 11.5. The van der Waals surface area contributed by atoms with Crippen LogP contribution in [0.4, 0.5) is 0 Å². The molecule has 1 aromatic carbocycles. The quantitative estimate of drug-likeness (QED) is 0.902. The maximum atomic E-state index is 9.95. The summed E-state index contributed by atoms with van der Waals surface area (Å²) in [4.78, 5) is 2.19. The van der Waals surface area contributed by atoms with Gasteiger partial charge in [0.2, 0.25) is 0 Å². The van der Waals surface area contributed by atoms with Crippen LogP contribution in [-0.2, 0) is 4.74 Å². The van der Waals surface area contributed by atoms with Crippen molar-refractivity contribution in [3.8, 4) is 5.75 Å². The average Bonchev–Trinajstić information content (AvgIpc) is 2.41. The van der Waals surface area contributed by atoms with Gasteiger partial charge >= 0.3 is 0 Å². The third-order valence-corrected chi connectivity index (χ3v) is 3.57. The van der Waals surface area contributed by atoms with E-state index in [1.165, 1.54) is 0 Å². The molecule has 1 aliphatic heterocycles. The second-order valence-electron chi connectivity index (χ2n) is 4.79. The number of aliphatic hydroxyl groups excluding tert-OH is 1. The Morgan fingerprint density at radius 1 is 1.40 bits per heavy atom. The Bertz CT molecular complexity index is 411. The standard InChI is InChI=1S/C14H20ClNO3.ClH/c1-11-8-13(2-3-14(11)15)19-10-12(17)9-16-4-6-18-7-5-16;/h2-3,8,12,17H,4-7,9-10H2,1H3;1H. The lowest BCUT2D eigenvalue weighted by Crippen LogP contribution is -2.42. The molecule has 0 saturated carbocycles. The Hall–Kier alpha value is -0.520. The molecule has 0 radical (unpaired) electrons. The van der Waals surface area contributed by atoms with Crippen LogP contribution in [0.1, 0.15) is 5.56 Å². The fourth-order valence-corrected chi connectivity index (χ4v) is 2.15. The molecular formula is C14H21Cl2NO3. The number of morpholine rings is 1. The topological polar surface area (TPSA) is 41.9 Å². The maximum Gasteiger partial charge on any atom is 0.119 e. The van der Waals surface area contributed by atoms with E-state index >= 15 is 0 Å². The van der Waals surface area contributed by atoms with Crippen molar-refractivity contribution in [2.75, 3.05) is 39.5 Å².